The quantitative estimate of drug-likeness (QED) is 0.840. The maximum Gasteiger partial charge on any atom is 0.142 e. The van der Waals surface area contributed by atoms with Crippen LogP contribution < -0.4 is 10.2 Å². The summed E-state index contributed by atoms with van der Waals surface area (Å²) in [6, 6.07) is 2.14. The maximum absolute atomic E-state index is 10.3. The zero-order valence-electron chi connectivity index (χ0n) is 11.4. The lowest BCUT2D eigenvalue weighted by molar-refractivity contribution is 0.468. The van der Waals surface area contributed by atoms with Gasteiger partial charge in [0, 0.05) is 31.9 Å². The molecular formula is C14H23BrN2O. The van der Waals surface area contributed by atoms with Crippen LogP contribution in [0.4, 0.5) is 11.4 Å². The Balaban J connectivity index is 0.00000162. The van der Waals surface area contributed by atoms with Crippen molar-refractivity contribution in [2.75, 3.05) is 30.9 Å². The SMILES string of the molecule is Br.CCCc1cc(N(C)C)c2c(c1O)NCCC2. The van der Waals surface area contributed by atoms with Gasteiger partial charge in [0.1, 0.15) is 5.75 Å². The Kier molecular flexibility index (Phi) is 5.32. The fourth-order valence-electron chi connectivity index (χ4n) is 2.53. The first-order valence-electron chi connectivity index (χ1n) is 6.44. The number of hydrogen-bond donors (Lipinski definition) is 2. The van der Waals surface area contributed by atoms with Crippen molar-refractivity contribution in [2.24, 2.45) is 0 Å². The van der Waals surface area contributed by atoms with Crippen molar-refractivity contribution in [3.8, 4) is 5.75 Å². The second kappa shape index (κ2) is 6.32. The molecule has 4 heteroatoms. The Morgan fingerprint density at radius 2 is 2.11 bits per heavy atom. The lowest BCUT2D eigenvalue weighted by Gasteiger charge is -2.27. The number of aromatic hydroxyl groups is 1. The average molecular weight is 315 g/mol. The van der Waals surface area contributed by atoms with Crippen molar-refractivity contribution >= 4 is 28.4 Å². The molecule has 1 heterocycles. The Morgan fingerprint density at radius 3 is 2.72 bits per heavy atom. The Hall–Kier alpha value is -0.900. The molecule has 0 saturated carbocycles. The van der Waals surface area contributed by atoms with Gasteiger partial charge in [-0.3, -0.25) is 0 Å². The minimum absolute atomic E-state index is 0. The van der Waals surface area contributed by atoms with Gasteiger partial charge < -0.3 is 15.3 Å². The number of anilines is 2. The van der Waals surface area contributed by atoms with Crippen LogP contribution in [0.3, 0.4) is 0 Å². The minimum Gasteiger partial charge on any atom is -0.505 e. The molecule has 2 N–H and O–H groups in total. The molecule has 1 aromatic rings. The fraction of sp³-hybridized carbons (Fsp3) is 0.571. The first kappa shape index (κ1) is 15.2. The van der Waals surface area contributed by atoms with E-state index in [0.29, 0.717) is 5.75 Å². The van der Waals surface area contributed by atoms with Gasteiger partial charge in [0.15, 0.2) is 0 Å². The molecule has 1 aliphatic rings. The van der Waals surface area contributed by atoms with E-state index in [0.717, 1.165) is 43.5 Å². The van der Waals surface area contributed by atoms with Crippen molar-refractivity contribution in [2.45, 2.75) is 32.6 Å². The number of benzene rings is 1. The second-order valence-corrected chi connectivity index (χ2v) is 4.93. The van der Waals surface area contributed by atoms with E-state index in [-0.39, 0.29) is 17.0 Å². The van der Waals surface area contributed by atoms with Crippen molar-refractivity contribution < 1.29 is 5.11 Å². The van der Waals surface area contributed by atoms with Crippen LogP contribution in [0.15, 0.2) is 6.07 Å². The van der Waals surface area contributed by atoms with Gasteiger partial charge in [-0.1, -0.05) is 13.3 Å². The molecule has 3 nitrogen and oxygen atoms in total. The zero-order chi connectivity index (χ0) is 12.4. The molecule has 0 aliphatic carbocycles. The minimum atomic E-state index is 0. The molecule has 18 heavy (non-hydrogen) atoms. The molecule has 1 aliphatic heterocycles. The third-order valence-electron chi connectivity index (χ3n) is 3.37. The standard InChI is InChI=1S/C14H22N2O.BrH/c1-4-6-10-9-12(16(2)3)11-7-5-8-15-13(11)14(10)17;/h9,15,17H,4-8H2,1-3H3;1H. The van der Waals surface area contributed by atoms with Gasteiger partial charge in [-0.15, -0.1) is 17.0 Å². The number of nitrogens with one attached hydrogen (secondary N) is 1. The normalized spacial score (nSPS) is 13.3. The molecular weight excluding hydrogens is 292 g/mol. The van der Waals surface area contributed by atoms with E-state index in [2.05, 4.69) is 37.3 Å². The van der Waals surface area contributed by atoms with Crippen molar-refractivity contribution in [1.82, 2.24) is 0 Å². The highest BCUT2D eigenvalue weighted by molar-refractivity contribution is 8.93. The summed E-state index contributed by atoms with van der Waals surface area (Å²) in [5, 5.41) is 13.6. The molecule has 0 fully saturated rings. The maximum atomic E-state index is 10.3. The van der Waals surface area contributed by atoms with Crippen LogP contribution in [-0.4, -0.2) is 25.7 Å². The van der Waals surface area contributed by atoms with E-state index in [1.807, 2.05) is 0 Å². The molecule has 102 valence electrons. The fourth-order valence-corrected chi connectivity index (χ4v) is 2.53. The van der Waals surface area contributed by atoms with Crippen LogP contribution in [0.5, 0.6) is 5.75 Å². The lowest BCUT2D eigenvalue weighted by atomic mass is 9.95. The van der Waals surface area contributed by atoms with Crippen LogP contribution in [0.1, 0.15) is 30.9 Å². The van der Waals surface area contributed by atoms with Gasteiger partial charge in [0.2, 0.25) is 0 Å². The molecule has 0 atom stereocenters. The number of hydrogen-bond acceptors (Lipinski definition) is 3. The third-order valence-corrected chi connectivity index (χ3v) is 3.37. The van der Waals surface area contributed by atoms with Crippen molar-refractivity contribution in [3.05, 3.63) is 17.2 Å². The zero-order valence-corrected chi connectivity index (χ0v) is 13.1. The summed E-state index contributed by atoms with van der Waals surface area (Å²) < 4.78 is 0. The third kappa shape index (κ3) is 2.74. The van der Waals surface area contributed by atoms with Gasteiger partial charge in [0.05, 0.1) is 5.69 Å². The Morgan fingerprint density at radius 1 is 1.39 bits per heavy atom. The highest BCUT2D eigenvalue weighted by Crippen LogP contribution is 2.40. The number of nitrogens with zero attached hydrogens (tertiary/aromatic N) is 1. The number of phenols is 1. The molecule has 0 radical (unpaired) electrons. The van der Waals surface area contributed by atoms with Gasteiger partial charge in [-0.25, -0.2) is 0 Å². The van der Waals surface area contributed by atoms with E-state index >= 15 is 0 Å². The lowest BCUT2D eigenvalue weighted by Crippen LogP contribution is -2.18. The topological polar surface area (TPSA) is 35.5 Å². The molecule has 1 aromatic carbocycles. The van der Waals surface area contributed by atoms with E-state index < -0.39 is 0 Å². The summed E-state index contributed by atoms with van der Waals surface area (Å²) in [6.07, 6.45) is 4.18. The molecule has 0 aromatic heterocycles. The second-order valence-electron chi connectivity index (χ2n) is 4.93. The summed E-state index contributed by atoms with van der Waals surface area (Å²) in [4.78, 5) is 2.14. The van der Waals surface area contributed by atoms with Crippen LogP contribution in [0.2, 0.25) is 0 Å². The molecule has 0 saturated heterocycles. The summed E-state index contributed by atoms with van der Waals surface area (Å²) in [6.45, 7) is 3.10. The first-order valence-corrected chi connectivity index (χ1v) is 6.44. The van der Waals surface area contributed by atoms with Crippen LogP contribution in [0, 0.1) is 0 Å². The van der Waals surface area contributed by atoms with E-state index in [1.54, 1.807) is 0 Å². The monoisotopic (exact) mass is 314 g/mol. The average Bonchev–Trinajstić information content (AvgIpc) is 2.32. The van der Waals surface area contributed by atoms with Crippen LogP contribution in [0.25, 0.3) is 0 Å². The van der Waals surface area contributed by atoms with Crippen LogP contribution in [-0.2, 0) is 12.8 Å². The largest absolute Gasteiger partial charge is 0.505 e. The predicted octanol–water partition coefficient (Wildman–Crippen LogP) is 3.35. The Labute approximate surface area is 120 Å². The highest BCUT2D eigenvalue weighted by atomic mass is 79.9. The van der Waals surface area contributed by atoms with Gasteiger partial charge >= 0.3 is 0 Å². The summed E-state index contributed by atoms with van der Waals surface area (Å²) in [7, 11) is 4.13. The molecule has 0 spiro atoms. The van der Waals surface area contributed by atoms with E-state index in [4.69, 9.17) is 0 Å². The summed E-state index contributed by atoms with van der Waals surface area (Å²) in [5.74, 6) is 0.465. The van der Waals surface area contributed by atoms with Gasteiger partial charge in [-0.2, -0.15) is 0 Å². The molecule has 0 unspecified atom stereocenters. The first-order chi connectivity index (χ1) is 8.15. The number of halogens is 1. The number of fused-ring (bicyclic) bond motifs is 1. The van der Waals surface area contributed by atoms with E-state index in [9.17, 15) is 5.11 Å². The molecule has 0 amide bonds. The summed E-state index contributed by atoms with van der Waals surface area (Å²) >= 11 is 0. The van der Waals surface area contributed by atoms with Gasteiger partial charge in [0.25, 0.3) is 0 Å². The number of phenolic OH excluding ortho intramolecular Hbond substituents is 1. The number of rotatable bonds is 3. The summed E-state index contributed by atoms with van der Waals surface area (Å²) in [5.41, 5.74) is 4.53. The predicted molar refractivity (Wildman–Crippen MR) is 83.6 cm³/mol. The molecule has 0 bridgehead atoms. The van der Waals surface area contributed by atoms with E-state index in [1.165, 1.54) is 11.3 Å². The van der Waals surface area contributed by atoms with Crippen molar-refractivity contribution in [1.29, 1.82) is 0 Å². The number of aryl methyl sites for hydroxylation is 1. The molecule has 2 rings (SSSR count). The smallest absolute Gasteiger partial charge is 0.142 e. The van der Waals surface area contributed by atoms with Crippen molar-refractivity contribution in [3.63, 3.8) is 0 Å². The van der Waals surface area contributed by atoms with Crippen LogP contribution >= 0.6 is 17.0 Å². The van der Waals surface area contributed by atoms with Gasteiger partial charge in [-0.05, 0) is 30.9 Å². The Bertz CT molecular complexity index is 419. The highest BCUT2D eigenvalue weighted by Gasteiger charge is 2.20.